The van der Waals surface area contributed by atoms with E-state index in [2.05, 4.69) is 15.7 Å². The van der Waals surface area contributed by atoms with Gasteiger partial charge in [0.1, 0.15) is 0 Å². The number of carbonyl (C=O) groups is 2. The summed E-state index contributed by atoms with van der Waals surface area (Å²) in [7, 11) is 1.69. The predicted octanol–water partition coefficient (Wildman–Crippen LogP) is 0.413. The molecule has 3 N–H and O–H groups in total. The summed E-state index contributed by atoms with van der Waals surface area (Å²) in [6.07, 6.45) is 4.53. The van der Waals surface area contributed by atoms with Gasteiger partial charge in [-0.15, -0.1) is 0 Å². The molecule has 8 heteroatoms. The molecule has 1 fully saturated rings. The second-order valence-electron chi connectivity index (χ2n) is 5.24. The fourth-order valence-electron chi connectivity index (χ4n) is 2.36. The highest BCUT2D eigenvalue weighted by Gasteiger charge is 2.26. The lowest BCUT2D eigenvalue weighted by Crippen LogP contribution is -2.47. The zero-order chi connectivity index (χ0) is 15.4. The van der Waals surface area contributed by atoms with Crippen LogP contribution in [0.1, 0.15) is 31.4 Å². The number of carboxylic acid groups (broad SMARTS) is 1. The molecule has 1 aliphatic heterocycles. The van der Waals surface area contributed by atoms with Crippen LogP contribution in [0.3, 0.4) is 0 Å². The maximum Gasteiger partial charge on any atom is 0.331 e. The van der Waals surface area contributed by atoms with Gasteiger partial charge in [-0.3, -0.25) is 4.68 Å². The molecule has 2 rings (SSSR count). The van der Waals surface area contributed by atoms with Gasteiger partial charge in [0, 0.05) is 31.5 Å². The molecule has 21 heavy (non-hydrogen) atoms. The van der Waals surface area contributed by atoms with E-state index < -0.39 is 18.0 Å². The van der Waals surface area contributed by atoms with Crippen LogP contribution in [-0.2, 0) is 16.6 Å². The Bertz CT molecular complexity index is 516. The second kappa shape index (κ2) is 6.57. The van der Waals surface area contributed by atoms with Gasteiger partial charge in [0.05, 0.1) is 12.3 Å². The van der Waals surface area contributed by atoms with Gasteiger partial charge in [0.25, 0.3) is 0 Å². The number of ether oxygens (including phenoxy) is 1. The second-order valence-corrected chi connectivity index (χ2v) is 5.24. The number of rotatable bonds is 4. The van der Waals surface area contributed by atoms with Gasteiger partial charge in [0.2, 0.25) is 0 Å². The van der Waals surface area contributed by atoms with Crippen molar-refractivity contribution in [2.24, 2.45) is 7.05 Å². The summed E-state index contributed by atoms with van der Waals surface area (Å²) in [5, 5.41) is 18.4. The van der Waals surface area contributed by atoms with Gasteiger partial charge in [0.15, 0.2) is 6.04 Å². The summed E-state index contributed by atoms with van der Waals surface area (Å²) in [6, 6.07) is -1.61. The lowest BCUT2D eigenvalue weighted by Gasteiger charge is -2.28. The van der Waals surface area contributed by atoms with E-state index in [1.807, 2.05) is 6.92 Å². The highest BCUT2D eigenvalue weighted by molar-refractivity contribution is 5.83. The molecule has 8 nitrogen and oxygen atoms in total. The van der Waals surface area contributed by atoms with Crippen LogP contribution in [0.4, 0.5) is 4.79 Å². The van der Waals surface area contributed by atoms with E-state index in [9.17, 15) is 14.7 Å². The Kier molecular flexibility index (Phi) is 4.79. The van der Waals surface area contributed by atoms with Crippen LogP contribution in [0, 0.1) is 0 Å². The number of aliphatic carboxylic acids is 1. The van der Waals surface area contributed by atoms with E-state index in [0.29, 0.717) is 12.2 Å². The standard InChI is InChI=1S/C13H20N4O4/c1-8-5-10(3-4-21-8)15-13(20)16-11(12(18)19)9-6-14-17(2)7-9/h6-8,10-11H,3-5H2,1-2H3,(H,18,19)(H2,15,16,20). The molecule has 0 saturated carbocycles. The SMILES string of the molecule is CC1CC(NC(=O)NC(C(=O)O)c2cnn(C)c2)CCO1. The smallest absolute Gasteiger partial charge is 0.331 e. The van der Waals surface area contributed by atoms with Crippen LogP contribution in [0.5, 0.6) is 0 Å². The molecule has 1 saturated heterocycles. The van der Waals surface area contributed by atoms with Gasteiger partial charge < -0.3 is 20.5 Å². The first-order chi connectivity index (χ1) is 9.95. The number of urea groups is 1. The van der Waals surface area contributed by atoms with E-state index in [1.54, 1.807) is 13.2 Å². The monoisotopic (exact) mass is 296 g/mol. The van der Waals surface area contributed by atoms with Crippen LogP contribution in [0.15, 0.2) is 12.4 Å². The average molecular weight is 296 g/mol. The Morgan fingerprint density at radius 1 is 1.57 bits per heavy atom. The van der Waals surface area contributed by atoms with Gasteiger partial charge in [-0.25, -0.2) is 9.59 Å². The van der Waals surface area contributed by atoms with Crippen LogP contribution in [0.25, 0.3) is 0 Å². The van der Waals surface area contributed by atoms with E-state index in [-0.39, 0.29) is 12.1 Å². The van der Waals surface area contributed by atoms with Crippen LogP contribution in [-0.4, -0.2) is 45.6 Å². The maximum atomic E-state index is 12.0. The quantitative estimate of drug-likeness (QED) is 0.746. The molecule has 0 spiro atoms. The Labute approximate surface area is 122 Å². The van der Waals surface area contributed by atoms with Crippen molar-refractivity contribution in [1.29, 1.82) is 0 Å². The number of nitrogens with zero attached hydrogens (tertiary/aromatic N) is 2. The highest BCUT2D eigenvalue weighted by atomic mass is 16.5. The van der Waals surface area contributed by atoms with Crippen molar-refractivity contribution in [3.63, 3.8) is 0 Å². The number of carboxylic acids is 1. The summed E-state index contributed by atoms with van der Waals surface area (Å²) in [5.41, 5.74) is 0.431. The molecule has 3 unspecified atom stereocenters. The maximum absolute atomic E-state index is 12.0. The van der Waals surface area contributed by atoms with Gasteiger partial charge in [-0.05, 0) is 19.8 Å². The largest absolute Gasteiger partial charge is 0.479 e. The van der Waals surface area contributed by atoms with Crippen LogP contribution >= 0.6 is 0 Å². The fourth-order valence-corrected chi connectivity index (χ4v) is 2.36. The Morgan fingerprint density at radius 3 is 2.90 bits per heavy atom. The van der Waals surface area contributed by atoms with E-state index >= 15 is 0 Å². The van der Waals surface area contributed by atoms with Crippen LogP contribution in [0.2, 0.25) is 0 Å². The van der Waals surface area contributed by atoms with Crippen molar-refractivity contribution in [2.75, 3.05) is 6.61 Å². The summed E-state index contributed by atoms with van der Waals surface area (Å²) in [5.74, 6) is -1.13. The average Bonchev–Trinajstić information content (AvgIpc) is 2.82. The van der Waals surface area contributed by atoms with Crippen molar-refractivity contribution < 1.29 is 19.4 Å². The third-order valence-electron chi connectivity index (χ3n) is 3.40. The molecular formula is C13H20N4O4. The van der Waals surface area contributed by atoms with Crippen molar-refractivity contribution in [3.05, 3.63) is 18.0 Å². The first kappa shape index (κ1) is 15.3. The zero-order valence-electron chi connectivity index (χ0n) is 12.1. The fraction of sp³-hybridized carbons (Fsp3) is 0.615. The minimum absolute atomic E-state index is 0.00269. The van der Waals surface area contributed by atoms with Crippen molar-refractivity contribution in [1.82, 2.24) is 20.4 Å². The molecule has 0 aromatic carbocycles. The summed E-state index contributed by atoms with van der Waals surface area (Å²) in [6.45, 7) is 2.54. The predicted molar refractivity (Wildman–Crippen MR) is 73.7 cm³/mol. The number of aromatic nitrogens is 2. The van der Waals surface area contributed by atoms with Gasteiger partial charge >= 0.3 is 12.0 Å². The number of hydrogen-bond donors (Lipinski definition) is 3. The molecule has 1 aliphatic rings. The lowest BCUT2D eigenvalue weighted by molar-refractivity contribution is -0.139. The number of carbonyl (C=O) groups excluding carboxylic acids is 1. The normalized spacial score (nSPS) is 23.3. The highest BCUT2D eigenvalue weighted by Crippen LogP contribution is 2.14. The topological polar surface area (TPSA) is 105 Å². The minimum atomic E-state index is -1.13. The third-order valence-corrected chi connectivity index (χ3v) is 3.40. The Morgan fingerprint density at radius 2 is 2.33 bits per heavy atom. The first-order valence-electron chi connectivity index (χ1n) is 6.85. The van der Waals surface area contributed by atoms with Gasteiger partial charge in [-0.2, -0.15) is 5.10 Å². The molecule has 1 aromatic heterocycles. The zero-order valence-corrected chi connectivity index (χ0v) is 12.1. The Balaban J connectivity index is 1.94. The van der Waals surface area contributed by atoms with Crippen molar-refractivity contribution in [2.45, 2.75) is 38.0 Å². The lowest BCUT2D eigenvalue weighted by atomic mass is 10.0. The summed E-state index contributed by atoms with van der Waals surface area (Å²) < 4.78 is 6.90. The number of aryl methyl sites for hydroxylation is 1. The molecule has 2 heterocycles. The van der Waals surface area contributed by atoms with Gasteiger partial charge in [-0.1, -0.05) is 0 Å². The van der Waals surface area contributed by atoms with Crippen LogP contribution < -0.4 is 10.6 Å². The first-order valence-corrected chi connectivity index (χ1v) is 6.85. The molecule has 2 amide bonds. The third kappa shape index (κ3) is 4.19. The summed E-state index contributed by atoms with van der Waals surface area (Å²) >= 11 is 0. The van der Waals surface area contributed by atoms with Crippen molar-refractivity contribution in [3.8, 4) is 0 Å². The number of hydrogen-bond acceptors (Lipinski definition) is 4. The molecule has 0 aliphatic carbocycles. The van der Waals surface area contributed by atoms with E-state index in [4.69, 9.17) is 4.74 Å². The molecule has 116 valence electrons. The molecule has 1 aromatic rings. The number of nitrogens with one attached hydrogen (secondary N) is 2. The summed E-state index contributed by atoms with van der Waals surface area (Å²) in [4.78, 5) is 23.2. The van der Waals surface area contributed by atoms with Crippen molar-refractivity contribution >= 4 is 12.0 Å². The molecule has 0 radical (unpaired) electrons. The molecule has 3 atom stereocenters. The molecule has 0 bridgehead atoms. The number of amides is 2. The molecular weight excluding hydrogens is 276 g/mol. The minimum Gasteiger partial charge on any atom is -0.479 e. The van der Waals surface area contributed by atoms with E-state index in [0.717, 1.165) is 12.8 Å². The Hall–Kier alpha value is -2.09. The van der Waals surface area contributed by atoms with E-state index in [1.165, 1.54) is 10.9 Å².